The van der Waals surface area contributed by atoms with Crippen LogP contribution >= 0.6 is 0 Å². The minimum atomic E-state index is -1.19. The van der Waals surface area contributed by atoms with Gasteiger partial charge >= 0.3 is 6.03 Å². The zero-order valence-electron chi connectivity index (χ0n) is 14.3. The summed E-state index contributed by atoms with van der Waals surface area (Å²) in [4.78, 5) is 42.2. The van der Waals surface area contributed by atoms with E-state index in [0.29, 0.717) is 17.1 Å². The van der Waals surface area contributed by atoms with Crippen molar-refractivity contribution in [2.24, 2.45) is 10.9 Å². The van der Waals surface area contributed by atoms with E-state index in [1.54, 1.807) is 30.3 Å². The van der Waals surface area contributed by atoms with Gasteiger partial charge in [-0.2, -0.15) is 0 Å². The summed E-state index contributed by atoms with van der Waals surface area (Å²) in [5, 5.41) is 2.19. The summed E-state index contributed by atoms with van der Waals surface area (Å²) < 4.78 is 5.07. The summed E-state index contributed by atoms with van der Waals surface area (Å²) in [6.07, 6.45) is 1.27. The number of nitrogens with zero attached hydrogens (tertiary/aromatic N) is 2. The number of carbonyl (C=O) groups is 3. The van der Waals surface area contributed by atoms with Crippen LogP contribution in [0.3, 0.4) is 0 Å². The lowest BCUT2D eigenvalue weighted by Crippen LogP contribution is -2.58. The Bertz CT molecular complexity index is 890. The van der Waals surface area contributed by atoms with Crippen LogP contribution in [0.1, 0.15) is 5.56 Å². The largest absolute Gasteiger partial charge is 0.497 e. The van der Waals surface area contributed by atoms with Gasteiger partial charge in [0.15, 0.2) is 5.92 Å². The molecule has 26 heavy (non-hydrogen) atoms. The number of methoxy groups -OCH3 is 1. The van der Waals surface area contributed by atoms with E-state index in [0.717, 1.165) is 10.5 Å². The average molecular weight is 351 g/mol. The molecule has 0 aromatic heterocycles. The molecule has 1 saturated heterocycles. The number of aliphatic imine (C=N–C) groups is 1. The molecule has 1 atom stereocenters. The number of anilines is 1. The highest BCUT2D eigenvalue weighted by molar-refractivity contribution is 6.32. The van der Waals surface area contributed by atoms with Crippen LogP contribution in [0.4, 0.5) is 16.2 Å². The van der Waals surface area contributed by atoms with Gasteiger partial charge in [-0.1, -0.05) is 18.2 Å². The molecule has 0 saturated carbocycles. The van der Waals surface area contributed by atoms with E-state index in [1.165, 1.54) is 13.3 Å². The quantitative estimate of drug-likeness (QED) is 0.677. The molecule has 7 heteroatoms. The number of barbiturate groups is 1. The number of nitrogens with one attached hydrogen (secondary N) is 1. The van der Waals surface area contributed by atoms with Crippen LogP contribution in [0.25, 0.3) is 0 Å². The van der Waals surface area contributed by atoms with Gasteiger partial charge in [0.2, 0.25) is 5.91 Å². The predicted molar refractivity (Wildman–Crippen MR) is 96.8 cm³/mol. The van der Waals surface area contributed by atoms with E-state index in [4.69, 9.17) is 4.74 Å². The molecule has 0 aliphatic carbocycles. The Labute approximate surface area is 150 Å². The Hall–Kier alpha value is -3.48. The topological polar surface area (TPSA) is 88.1 Å². The number of hydrogen-bond acceptors (Lipinski definition) is 5. The fourth-order valence-corrected chi connectivity index (χ4v) is 2.56. The zero-order chi connectivity index (χ0) is 18.7. The fraction of sp³-hybridized carbons (Fsp3) is 0.158. The lowest BCUT2D eigenvalue weighted by Gasteiger charge is -2.28. The molecule has 0 radical (unpaired) electrons. The first-order valence-corrected chi connectivity index (χ1v) is 7.94. The zero-order valence-corrected chi connectivity index (χ0v) is 14.3. The first-order chi connectivity index (χ1) is 12.5. The van der Waals surface area contributed by atoms with Crippen molar-refractivity contribution in [3.8, 4) is 5.75 Å². The molecule has 1 heterocycles. The van der Waals surface area contributed by atoms with Crippen LogP contribution in [0, 0.1) is 12.8 Å². The molecule has 7 nitrogen and oxygen atoms in total. The Morgan fingerprint density at radius 1 is 1.08 bits per heavy atom. The lowest BCUT2D eigenvalue weighted by molar-refractivity contribution is -0.131. The van der Waals surface area contributed by atoms with E-state index in [1.807, 2.05) is 25.1 Å². The van der Waals surface area contributed by atoms with E-state index < -0.39 is 23.8 Å². The lowest BCUT2D eigenvalue weighted by atomic mass is 10.1. The Balaban J connectivity index is 1.89. The van der Waals surface area contributed by atoms with Crippen molar-refractivity contribution < 1.29 is 19.1 Å². The summed E-state index contributed by atoms with van der Waals surface area (Å²) in [5.74, 6) is -1.94. The molecule has 1 aliphatic heterocycles. The van der Waals surface area contributed by atoms with Crippen LogP contribution in [-0.4, -0.2) is 31.2 Å². The monoisotopic (exact) mass is 351 g/mol. The molecule has 1 N–H and O–H groups in total. The highest BCUT2D eigenvalue weighted by Gasteiger charge is 2.40. The number of ether oxygens (including phenoxy) is 1. The first-order valence-electron chi connectivity index (χ1n) is 7.94. The van der Waals surface area contributed by atoms with Crippen molar-refractivity contribution in [1.82, 2.24) is 5.32 Å². The van der Waals surface area contributed by atoms with Gasteiger partial charge in [-0.15, -0.1) is 0 Å². The smallest absolute Gasteiger partial charge is 0.335 e. The second-order valence-electron chi connectivity index (χ2n) is 5.71. The summed E-state index contributed by atoms with van der Waals surface area (Å²) >= 11 is 0. The number of hydrogen-bond donors (Lipinski definition) is 1. The second kappa shape index (κ2) is 7.18. The summed E-state index contributed by atoms with van der Waals surface area (Å²) in [5.41, 5.74) is 1.91. The standard InChI is InChI=1S/C19H17N3O4/c1-12-5-3-4-6-16(12)20-11-15-17(23)21-19(25)22(18(15)24)13-7-9-14(26-2)10-8-13/h3-11,15H,1-2H3,(H,21,23,25)/t15-/m0/s1. The number of aryl methyl sites for hydroxylation is 1. The molecule has 132 valence electrons. The van der Waals surface area contributed by atoms with Crippen LogP contribution in [0.5, 0.6) is 5.75 Å². The number of para-hydroxylation sites is 1. The molecule has 0 spiro atoms. The number of carbonyl (C=O) groups excluding carboxylic acids is 3. The fourth-order valence-electron chi connectivity index (χ4n) is 2.56. The van der Waals surface area contributed by atoms with Gasteiger partial charge in [0.25, 0.3) is 5.91 Å². The molecule has 1 fully saturated rings. The molecule has 0 unspecified atom stereocenters. The first kappa shape index (κ1) is 17.3. The molecule has 4 amide bonds. The number of rotatable bonds is 4. The molecule has 0 bridgehead atoms. The molecule has 3 rings (SSSR count). The highest BCUT2D eigenvalue weighted by Crippen LogP contribution is 2.24. The molecule has 2 aromatic rings. The van der Waals surface area contributed by atoms with Crippen molar-refractivity contribution in [2.75, 3.05) is 12.0 Å². The SMILES string of the molecule is COc1ccc(N2C(=O)NC(=O)[C@H](C=Nc3ccccc3C)C2=O)cc1. The van der Waals surface area contributed by atoms with Gasteiger partial charge in [0.05, 0.1) is 18.5 Å². The summed E-state index contributed by atoms with van der Waals surface area (Å²) in [6, 6.07) is 13.0. The van der Waals surface area contributed by atoms with Crippen molar-refractivity contribution in [2.45, 2.75) is 6.92 Å². The minimum Gasteiger partial charge on any atom is -0.497 e. The minimum absolute atomic E-state index is 0.343. The van der Waals surface area contributed by atoms with Crippen molar-refractivity contribution in [3.05, 3.63) is 54.1 Å². The average Bonchev–Trinajstić information content (AvgIpc) is 2.63. The van der Waals surface area contributed by atoms with E-state index >= 15 is 0 Å². The number of benzene rings is 2. The molecule has 2 aromatic carbocycles. The van der Waals surface area contributed by atoms with Gasteiger partial charge < -0.3 is 4.74 Å². The Kier molecular flexibility index (Phi) is 4.79. The van der Waals surface area contributed by atoms with E-state index in [9.17, 15) is 14.4 Å². The predicted octanol–water partition coefficient (Wildman–Crippen LogP) is 2.61. The second-order valence-corrected chi connectivity index (χ2v) is 5.71. The molecular weight excluding hydrogens is 334 g/mol. The Morgan fingerprint density at radius 2 is 1.77 bits per heavy atom. The summed E-state index contributed by atoms with van der Waals surface area (Å²) in [6.45, 7) is 1.88. The number of urea groups is 1. The maximum Gasteiger partial charge on any atom is 0.335 e. The van der Waals surface area contributed by atoms with Gasteiger partial charge in [-0.25, -0.2) is 9.69 Å². The number of amides is 4. The van der Waals surface area contributed by atoms with Crippen LogP contribution < -0.4 is 15.0 Å². The van der Waals surface area contributed by atoms with Gasteiger partial charge in [0.1, 0.15) is 5.75 Å². The van der Waals surface area contributed by atoms with Gasteiger partial charge in [0, 0.05) is 6.21 Å². The van der Waals surface area contributed by atoms with Gasteiger partial charge in [-0.05, 0) is 42.8 Å². The Morgan fingerprint density at radius 3 is 2.42 bits per heavy atom. The maximum atomic E-state index is 12.7. The van der Waals surface area contributed by atoms with E-state index in [-0.39, 0.29) is 0 Å². The maximum absolute atomic E-state index is 12.7. The van der Waals surface area contributed by atoms with Crippen LogP contribution in [0.2, 0.25) is 0 Å². The van der Waals surface area contributed by atoms with Crippen molar-refractivity contribution in [1.29, 1.82) is 0 Å². The third-order valence-corrected chi connectivity index (χ3v) is 4.01. The van der Waals surface area contributed by atoms with Crippen molar-refractivity contribution in [3.63, 3.8) is 0 Å². The van der Waals surface area contributed by atoms with Crippen LogP contribution in [0.15, 0.2) is 53.5 Å². The van der Waals surface area contributed by atoms with Gasteiger partial charge in [-0.3, -0.25) is 19.9 Å². The highest BCUT2D eigenvalue weighted by atomic mass is 16.5. The normalized spacial score (nSPS) is 17.5. The third-order valence-electron chi connectivity index (χ3n) is 4.01. The van der Waals surface area contributed by atoms with Crippen molar-refractivity contribution >= 4 is 35.4 Å². The van der Waals surface area contributed by atoms with Crippen LogP contribution in [-0.2, 0) is 9.59 Å². The third kappa shape index (κ3) is 3.32. The molecular formula is C19H17N3O4. The summed E-state index contributed by atoms with van der Waals surface area (Å²) in [7, 11) is 1.52. The molecule has 1 aliphatic rings. The van der Waals surface area contributed by atoms with E-state index in [2.05, 4.69) is 10.3 Å². The number of imide groups is 2.